The Balaban J connectivity index is 1.77. The maximum absolute atomic E-state index is 12.5. The molecule has 1 unspecified atom stereocenters. The Hall–Kier alpha value is -3.21. The number of nitrogens with zero attached hydrogens (tertiary/aromatic N) is 2. The lowest BCUT2D eigenvalue weighted by atomic mass is 10.1. The van der Waals surface area contributed by atoms with Gasteiger partial charge in [0.25, 0.3) is 11.5 Å². The molecule has 132 valence electrons. The Morgan fingerprint density at radius 3 is 2.42 bits per heavy atom. The molecule has 1 N–H and O–H groups in total. The first kappa shape index (κ1) is 17.6. The maximum Gasteiger partial charge on any atom is 0.272 e. The number of amides is 1. The van der Waals surface area contributed by atoms with E-state index in [4.69, 9.17) is 0 Å². The summed E-state index contributed by atoms with van der Waals surface area (Å²) in [5.74, 6) is -0.306. The van der Waals surface area contributed by atoms with Crippen molar-refractivity contribution in [2.45, 2.75) is 26.4 Å². The van der Waals surface area contributed by atoms with E-state index in [0.717, 1.165) is 16.7 Å². The van der Waals surface area contributed by atoms with Gasteiger partial charge >= 0.3 is 0 Å². The molecule has 3 rings (SSSR count). The van der Waals surface area contributed by atoms with Crippen LogP contribution in [-0.4, -0.2) is 15.7 Å². The monoisotopic (exact) mass is 347 g/mol. The van der Waals surface area contributed by atoms with Crippen LogP contribution >= 0.6 is 0 Å². The third-order valence-electron chi connectivity index (χ3n) is 4.20. The van der Waals surface area contributed by atoms with Crippen molar-refractivity contribution in [1.82, 2.24) is 15.1 Å². The van der Waals surface area contributed by atoms with E-state index in [1.165, 1.54) is 16.8 Å². The van der Waals surface area contributed by atoms with Crippen molar-refractivity contribution in [2.75, 3.05) is 0 Å². The van der Waals surface area contributed by atoms with Crippen LogP contribution in [0.5, 0.6) is 0 Å². The van der Waals surface area contributed by atoms with E-state index in [9.17, 15) is 9.59 Å². The molecule has 0 aliphatic carbocycles. The van der Waals surface area contributed by atoms with Crippen LogP contribution in [0.2, 0.25) is 0 Å². The van der Waals surface area contributed by atoms with Gasteiger partial charge in [0.2, 0.25) is 0 Å². The number of carbonyl (C=O) groups is 1. The quantitative estimate of drug-likeness (QED) is 0.771. The predicted molar refractivity (Wildman–Crippen MR) is 101 cm³/mol. The number of aryl methyl sites for hydroxylation is 1. The van der Waals surface area contributed by atoms with Gasteiger partial charge in [-0.15, -0.1) is 0 Å². The Bertz CT molecular complexity index is 947. The molecule has 1 atom stereocenters. The SMILES string of the molecule is Cc1ccc(Cn2nc(C(=O)NC(C)c3ccccc3)ccc2=O)cc1. The molecule has 1 amide bonds. The highest BCUT2D eigenvalue weighted by Crippen LogP contribution is 2.11. The van der Waals surface area contributed by atoms with E-state index in [1.54, 1.807) is 0 Å². The van der Waals surface area contributed by atoms with E-state index < -0.39 is 0 Å². The van der Waals surface area contributed by atoms with E-state index in [-0.39, 0.29) is 23.2 Å². The van der Waals surface area contributed by atoms with E-state index in [2.05, 4.69) is 10.4 Å². The molecular formula is C21H21N3O2. The Morgan fingerprint density at radius 2 is 1.73 bits per heavy atom. The number of carbonyl (C=O) groups excluding carboxylic acids is 1. The number of benzene rings is 2. The number of rotatable bonds is 5. The van der Waals surface area contributed by atoms with Crippen molar-refractivity contribution in [3.8, 4) is 0 Å². The molecule has 5 nitrogen and oxygen atoms in total. The van der Waals surface area contributed by atoms with Crippen molar-refractivity contribution >= 4 is 5.91 Å². The zero-order chi connectivity index (χ0) is 18.5. The summed E-state index contributed by atoms with van der Waals surface area (Å²) in [7, 11) is 0. The summed E-state index contributed by atoms with van der Waals surface area (Å²) < 4.78 is 1.31. The minimum atomic E-state index is -0.306. The van der Waals surface area contributed by atoms with Crippen molar-refractivity contribution in [2.24, 2.45) is 0 Å². The lowest BCUT2D eigenvalue weighted by molar-refractivity contribution is 0.0932. The average molecular weight is 347 g/mol. The summed E-state index contributed by atoms with van der Waals surface area (Å²) in [6.07, 6.45) is 0. The van der Waals surface area contributed by atoms with Gasteiger partial charge in [-0.2, -0.15) is 5.10 Å². The first-order valence-electron chi connectivity index (χ1n) is 8.52. The van der Waals surface area contributed by atoms with Crippen LogP contribution in [0.25, 0.3) is 0 Å². The van der Waals surface area contributed by atoms with Gasteiger partial charge in [0, 0.05) is 6.07 Å². The molecule has 1 heterocycles. The van der Waals surface area contributed by atoms with Gasteiger partial charge in [-0.3, -0.25) is 9.59 Å². The van der Waals surface area contributed by atoms with Crippen molar-refractivity contribution in [3.05, 3.63) is 99.5 Å². The van der Waals surface area contributed by atoms with E-state index in [0.29, 0.717) is 6.54 Å². The minimum absolute atomic E-state index is 0.150. The van der Waals surface area contributed by atoms with Gasteiger partial charge in [-0.05, 0) is 31.0 Å². The highest BCUT2D eigenvalue weighted by molar-refractivity contribution is 5.92. The second kappa shape index (κ2) is 7.78. The molecule has 0 radical (unpaired) electrons. The molecule has 0 aliphatic rings. The normalized spacial score (nSPS) is 11.8. The topological polar surface area (TPSA) is 64.0 Å². The highest BCUT2D eigenvalue weighted by Gasteiger charge is 2.14. The third kappa shape index (κ3) is 4.25. The zero-order valence-electron chi connectivity index (χ0n) is 14.8. The summed E-state index contributed by atoms with van der Waals surface area (Å²) in [5, 5.41) is 7.14. The van der Waals surface area contributed by atoms with Gasteiger partial charge in [0.05, 0.1) is 12.6 Å². The van der Waals surface area contributed by atoms with Gasteiger partial charge in [0.15, 0.2) is 0 Å². The van der Waals surface area contributed by atoms with Crippen LogP contribution in [0.1, 0.15) is 40.1 Å². The van der Waals surface area contributed by atoms with Gasteiger partial charge in [-0.1, -0.05) is 60.2 Å². The van der Waals surface area contributed by atoms with Crippen LogP contribution in [0.4, 0.5) is 0 Å². The fourth-order valence-electron chi connectivity index (χ4n) is 2.65. The highest BCUT2D eigenvalue weighted by atomic mass is 16.2. The number of hydrogen-bond acceptors (Lipinski definition) is 3. The summed E-state index contributed by atoms with van der Waals surface area (Å²) in [6, 6.07) is 20.3. The summed E-state index contributed by atoms with van der Waals surface area (Å²) in [5.41, 5.74) is 3.10. The zero-order valence-corrected chi connectivity index (χ0v) is 14.8. The number of nitrogens with one attached hydrogen (secondary N) is 1. The lowest BCUT2D eigenvalue weighted by Crippen LogP contribution is -2.31. The Kier molecular flexibility index (Phi) is 5.27. The van der Waals surface area contributed by atoms with Gasteiger partial charge in [-0.25, -0.2) is 4.68 Å². The second-order valence-electron chi connectivity index (χ2n) is 6.31. The molecule has 0 bridgehead atoms. The number of aromatic nitrogens is 2. The Morgan fingerprint density at radius 1 is 1.04 bits per heavy atom. The van der Waals surface area contributed by atoms with E-state index in [1.807, 2.05) is 68.4 Å². The van der Waals surface area contributed by atoms with Crippen molar-refractivity contribution in [3.63, 3.8) is 0 Å². The first-order valence-corrected chi connectivity index (χ1v) is 8.52. The molecule has 2 aromatic carbocycles. The summed E-state index contributed by atoms with van der Waals surface area (Å²) in [6.45, 7) is 4.25. The van der Waals surface area contributed by atoms with E-state index >= 15 is 0 Å². The van der Waals surface area contributed by atoms with Crippen LogP contribution in [-0.2, 0) is 6.54 Å². The molecular weight excluding hydrogens is 326 g/mol. The van der Waals surface area contributed by atoms with Crippen LogP contribution in [0.3, 0.4) is 0 Å². The van der Waals surface area contributed by atoms with Crippen LogP contribution in [0, 0.1) is 6.92 Å². The predicted octanol–water partition coefficient (Wildman–Crippen LogP) is 3.09. The number of hydrogen-bond donors (Lipinski definition) is 1. The van der Waals surface area contributed by atoms with Gasteiger partial charge < -0.3 is 5.32 Å². The minimum Gasteiger partial charge on any atom is -0.344 e. The van der Waals surface area contributed by atoms with Gasteiger partial charge in [0.1, 0.15) is 5.69 Å². The molecule has 0 saturated heterocycles. The standard InChI is InChI=1S/C21H21N3O2/c1-15-8-10-17(11-9-15)14-24-20(25)13-12-19(23-24)21(26)22-16(2)18-6-4-3-5-7-18/h3-13,16H,14H2,1-2H3,(H,22,26). The fraction of sp³-hybridized carbons (Fsp3) is 0.190. The van der Waals surface area contributed by atoms with Crippen LogP contribution in [0.15, 0.2) is 71.5 Å². The average Bonchev–Trinajstić information content (AvgIpc) is 2.66. The van der Waals surface area contributed by atoms with Crippen molar-refractivity contribution < 1.29 is 4.79 Å². The molecule has 0 aliphatic heterocycles. The molecule has 26 heavy (non-hydrogen) atoms. The van der Waals surface area contributed by atoms with Crippen molar-refractivity contribution in [1.29, 1.82) is 0 Å². The molecule has 0 spiro atoms. The molecule has 5 heteroatoms. The summed E-state index contributed by atoms with van der Waals surface area (Å²) in [4.78, 5) is 24.6. The fourth-order valence-corrected chi connectivity index (χ4v) is 2.65. The second-order valence-corrected chi connectivity index (χ2v) is 6.31. The first-order chi connectivity index (χ1) is 12.5. The Labute approximate surface area is 152 Å². The molecule has 3 aromatic rings. The molecule has 1 aromatic heterocycles. The third-order valence-corrected chi connectivity index (χ3v) is 4.20. The maximum atomic E-state index is 12.5. The van der Waals surface area contributed by atoms with Crippen LogP contribution < -0.4 is 10.9 Å². The summed E-state index contributed by atoms with van der Waals surface area (Å²) >= 11 is 0. The largest absolute Gasteiger partial charge is 0.344 e. The molecule has 0 saturated carbocycles. The molecule has 0 fully saturated rings. The lowest BCUT2D eigenvalue weighted by Gasteiger charge is -2.14. The smallest absolute Gasteiger partial charge is 0.272 e.